The van der Waals surface area contributed by atoms with Crippen molar-refractivity contribution in [1.29, 1.82) is 0 Å². The van der Waals surface area contributed by atoms with Crippen molar-refractivity contribution in [2.45, 2.75) is 65.4 Å². The van der Waals surface area contributed by atoms with E-state index in [1.54, 1.807) is 5.43 Å². The number of nitro groups is 1. The zero-order chi connectivity index (χ0) is 22.6. The van der Waals surface area contributed by atoms with Crippen molar-refractivity contribution in [2.75, 3.05) is 6.54 Å². The molecule has 0 saturated heterocycles. The minimum Gasteiger partial charge on any atom is -0.426 e. The third-order valence-electron chi connectivity index (χ3n) is 3.80. The number of nitrogens with one attached hydrogen (secondary N) is 3. The molecule has 0 aliphatic heterocycles. The summed E-state index contributed by atoms with van der Waals surface area (Å²) in [6.07, 6.45) is 1.10. The van der Waals surface area contributed by atoms with Gasteiger partial charge in [0.15, 0.2) is 5.03 Å². The maximum Gasteiger partial charge on any atom is 0.475 e. The summed E-state index contributed by atoms with van der Waals surface area (Å²) in [4.78, 5) is 38.8. The molecule has 0 rings (SSSR count). The van der Waals surface area contributed by atoms with Crippen LogP contribution < -0.4 is 21.8 Å². The SMILES string of the molecule is CC(C)CC(=O)N[C@@H](CCCN=C(N)N[N+](=O)[O-])C(=O)N[C@@H](CC(C)C)B(O)O. The van der Waals surface area contributed by atoms with Gasteiger partial charge in [-0.2, -0.15) is 0 Å². The zero-order valence-corrected chi connectivity index (χ0v) is 17.4. The molecule has 0 aromatic carbocycles. The number of hydrogen-bond donors (Lipinski definition) is 6. The van der Waals surface area contributed by atoms with Crippen LogP contribution >= 0.6 is 0 Å². The number of hydrazine groups is 1. The van der Waals surface area contributed by atoms with Crippen LogP contribution in [0.5, 0.6) is 0 Å². The van der Waals surface area contributed by atoms with Crippen molar-refractivity contribution in [3.63, 3.8) is 0 Å². The van der Waals surface area contributed by atoms with Gasteiger partial charge < -0.3 is 26.4 Å². The number of nitrogens with two attached hydrogens (primary N) is 1. The van der Waals surface area contributed by atoms with Crippen LogP contribution in [0.3, 0.4) is 0 Å². The number of guanidine groups is 1. The van der Waals surface area contributed by atoms with Crippen molar-refractivity contribution in [3.05, 3.63) is 10.1 Å². The maximum absolute atomic E-state index is 12.6. The fourth-order valence-electron chi connectivity index (χ4n) is 2.56. The van der Waals surface area contributed by atoms with E-state index in [4.69, 9.17) is 5.73 Å². The minimum atomic E-state index is -1.73. The molecule has 0 unspecified atom stereocenters. The molecular formula is C16H33BN6O6. The molecule has 0 aromatic rings. The largest absolute Gasteiger partial charge is 0.475 e. The first-order valence-electron chi connectivity index (χ1n) is 9.59. The summed E-state index contributed by atoms with van der Waals surface area (Å²) in [6, 6.07) is -0.908. The molecule has 166 valence electrons. The van der Waals surface area contributed by atoms with Crippen molar-refractivity contribution in [1.82, 2.24) is 16.1 Å². The highest BCUT2D eigenvalue weighted by Gasteiger charge is 2.29. The number of amides is 2. The summed E-state index contributed by atoms with van der Waals surface area (Å²) >= 11 is 0. The first kappa shape index (κ1) is 26.6. The van der Waals surface area contributed by atoms with E-state index in [1.165, 1.54) is 0 Å². The molecule has 0 fully saturated rings. The van der Waals surface area contributed by atoms with Crippen molar-refractivity contribution < 1.29 is 24.7 Å². The zero-order valence-electron chi connectivity index (χ0n) is 17.4. The van der Waals surface area contributed by atoms with Gasteiger partial charge in [0.1, 0.15) is 6.04 Å². The first-order valence-corrected chi connectivity index (χ1v) is 9.59. The topological polar surface area (TPSA) is 192 Å². The second-order valence-electron chi connectivity index (χ2n) is 7.65. The third kappa shape index (κ3) is 13.4. The molecule has 2 amide bonds. The minimum absolute atomic E-state index is 0.101. The molecule has 12 nitrogen and oxygen atoms in total. The predicted octanol–water partition coefficient (Wildman–Crippen LogP) is -1.06. The Bertz CT molecular complexity index is 572. The number of hydrogen-bond acceptors (Lipinski definition) is 7. The van der Waals surface area contributed by atoms with Gasteiger partial charge in [-0.1, -0.05) is 33.1 Å². The molecule has 0 aliphatic carbocycles. The fraction of sp³-hybridized carbons (Fsp3) is 0.812. The van der Waals surface area contributed by atoms with Gasteiger partial charge in [0.2, 0.25) is 11.8 Å². The number of carbonyl (C=O) groups excluding carboxylic acids is 2. The van der Waals surface area contributed by atoms with Crippen molar-refractivity contribution >= 4 is 24.9 Å². The molecule has 0 radical (unpaired) electrons. The first-order chi connectivity index (χ1) is 13.4. The highest BCUT2D eigenvalue weighted by molar-refractivity contribution is 6.43. The van der Waals surface area contributed by atoms with Crippen LogP contribution in [0.15, 0.2) is 4.99 Å². The van der Waals surface area contributed by atoms with E-state index in [2.05, 4.69) is 15.6 Å². The van der Waals surface area contributed by atoms with Gasteiger partial charge in [-0.15, -0.1) is 0 Å². The van der Waals surface area contributed by atoms with Gasteiger partial charge in [0.05, 0.1) is 5.94 Å². The highest BCUT2D eigenvalue weighted by Crippen LogP contribution is 2.08. The lowest BCUT2D eigenvalue weighted by Crippen LogP contribution is -2.54. The standard InChI is InChI=1S/C16H33BN6O6/c1-10(2)8-13(17(26)27)21-15(25)12(20-14(24)9-11(3)4)6-5-7-19-16(18)22-23(28)29/h10-13,26-27H,5-9H2,1-4H3,(H,20,24)(H,21,25)(H3,18,19,22)/t12-,13-/m0/s1. The Morgan fingerprint density at radius 1 is 1.17 bits per heavy atom. The van der Waals surface area contributed by atoms with Crippen LogP contribution in [-0.4, -0.2) is 58.5 Å². The molecule has 0 heterocycles. The summed E-state index contributed by atoms with van der Waals surface area (Å²) in [5.41, 5.74) is 7.03. The van der Waals surface area contributed by atoms with Gasteiger partial charge in [0.25, 0.3) is 5.96 Å². The van der Waals surface area contributed by atoms with Gasteiger partial charge in [0, 0.05) is 13.0 Å². The molecule has 2 atom stereocenters. The lowest BCUT2D eigenvalue weighted by molar-refractivity contribution is -0.525. The van der Waals surface area contributed by atoms with Crippen LogP contribution in [0.2, 0.25) is 0 Å². The van der Waals surface area contributed by atoms with Gasteiger partial charge in [-0.05, 0) is 31.1 Å². The normalized spacial score (nSPS) is 13.7. The molecule has 13 heteroatoms. The van der Waals surface area contributed by atoms with E-state index in [0.717, 1.165) is 0 Å². The number of rotatable bonds is 13. The van der Waals surface area contributed by atoms with Crippen molar-refractivity contribution in [3.8, 4) is 0 Å². The Morgan fingerprint density at radius 2 is 1.79 bits per heavy atom. The Kier molecular flexibility index (Phi) is 12.6. The molecule has 0 aromatic heterocycles. The smallest absolute Gasteiger partial charge is 0.426 e. The van der Waals surface area contributed by atoms with Gasteiger partial charge in [-0.3, -0.25) is 9.59 Å². The lowest BCUT2D eigenvalue weighted by atomic mass is 9.75. The van der Waals surface area contributed by atoms with Gasteiger partial charge in [-0.25, -0.2) is 15.1 Å². The Hall–Kier alpha value is -2.41. The molecular weight excluding hydrogens is 383 g/mol. The van der Waals surface area contributed by atoms with E-state index in [0.29, 0.717) is 12.8 Å². The van der Waals surface area contributed by atoms with Crippen LogP contribution in [0.4, 0.5) is 0 Å². The molecule has 0 spiro atoms. The summed E-state index contributed by atoms with van der Waals surface area (Å²) < 4.78 is 0. The molecule has 29 heavy (non-hydrogen) atoms. The maximum atomic E-state index is 12.6. The van der Waals surface area contributed by atoms with Crippen LogP contribution in [0.1, 0.15) is 53.4 Å². The second kappa shape index (κ2) is 13.7. The average molecular weight is 416 g/mol. The summed E-state index contributed by atoms with van der Waals surface area (Å²) in [5.74, 6) is -1.86. The fourth-order valence-corrected chi connectivity index (χ4v) is 2.56. The second-order valence-corrected chi connectivity index (χ2v) is 7.65. The summed E-state index contributed by atoms with van der Waals surface area (Å²) in [7, 11) is -1.73. The number of aliphatic imine (C=N–C) groups is 1. The monoisotopic (exact) mass is 416 g/mol. The van der Waals surface area contributed by atoms with Crippen LogP contribution in [0.25, 0.3) is 0 Å². The van der Waals surface area contributed by atoms with Crippen LogP contribution in [0, 0.1) is 22.0 Å². The molecule has 0 saturated carbocycles. The van der Waals surface area contributed by atoms with E-state index in [9.17, 15) is 29.8 Å². The van der Waals surface area contributed by atoms with E-state index >= 15 is 0 Å². The molecule has 0 bridgehead atoms. The summed E-state index contributed by atoms with van der Waals surface area (Å²) in [6.45, 7) is 7.61. The third-order valence-corrected chi connectivity index (χ3v) is 3.80. The highest BCUT2D eigenvalue weighted by atomic mass is 16.7. The van der Waals surface area contributed by atoms with Crippen molar-refractivity contribution in [2.24, 2.45) is 22.6 Å². The molecule has 7 N–H and O–H groups in total. The van der Waals surface area contributed by atoms with Gasteiger partial charge >= 0.3 is 7.12 Å². The quantitative estimate of drug-likeness (QED) is 0.0546. The predicted molar refractivity (Wildman–Crippen MR) is 109 cm³/mol. The van der Waals surface area contributed by atoms with Crippen LogP contribution in [-0.2, 0) is 9.59 Å². The van der Waals surface area contributed by atoms with E-state index in [-0.39, 0.29) is 43.1 Å². The van der Waals surface area contributed by atoms with E-state index in [1.807, 2.05) is 27.7 Å². The number of carbonyl (C=O) groups is 2. The van der Waals surface area contributed by atoms with E-state index < -0.39 is 30.0 Å². The number of nitrogens with zero attached hydrogens (tertiary/aromatic N) is 2. The Morgan fingerprint density at radius 3 is 2.28 bits per heavy atom. The lowest BCUT2D eigenvalue weighted by Gasteiger charge is -2.24. The molecule has 0 aliphatic rings. The average Bonchev–Trinajstić information content (AvgIpc) is 2.54. The summed E-state index contributed by atoms with van der Waals surface area (Å²) in [5, 5.41) is 33.7. The Labute approximate surface area is 171 Å². The Balaban J connectivity index is 5.00.